The largest absolute Gasteiger partial charge is 0.478 e. The van der Waals surface area contributed by atoms with Crippen molar-refractivity contribution in [3.8, 4) is 0 Å². The van der Waals surface area contributed by atoms with Gasteiger partial charge in [-0.3, -0.25) is 0 Å². The molecule has 3 rings (SSSR count). The van der Waals surface area contributed by atoms with Crippen molar-refractivity contribution in [2.75, 3.05) is 6.54 Å². The number of sulfonamides is 1. The van der Waals surface area contributed by atoms with E-state index < -0.39 is 16.0 Å². The van der Waals surface area contributed by atoms with Gasteiger partial charge in [-0.05, 0) is 48.3 Å². The quantitative estimate of drug-likeness (QED) is 0.920. The van der Waals surface area contributed by atoms with Crippen molar-refractivity contribution in [2.45, 2.75) is 51.0 Å². The molecule has 2 bridgehead atoms. The van der Waals surface area contributed by atoms with Crippen molar-refractivity contribution in [1.29, 1.82) is 0 Å². The van der Waals surface area contributed by atoms with Crippen LogP contribution in [0.1, 0.15) is 50.4 Å². The topological polar surface area (TPSA) is 74.7 Å². The molecule has 2 aliphatic rings. The molecule has 0 spiro atoms. The van der Waals surface area contributed by atoms with Crippen LogP contribution in [0.15, 0.2) is 29.2 Å². The lowest BCUT2D eigenvalue weighted by molar-refractivity contribution is 0.0696. The molecule has 23 heavy (non-hydrogen) atoms. The molecule has 2 fully saturated rings. The predicted octanol–water partition coefficient (Wildman–Crippen LogP) is 2.97. The number of carboxylic acid groups (broad SMARTS) is 1. The third-order valence-electron chi connectivity index (χ3n) is 5.05. The van der Waals surface area contributed by atoms with Gasteiger partial charge >= 0.3 is 5.97 Å². The van der Waals surface area contributed by atoms with Crippen LogP contribution in [0.4, 0.5) is 0 Å². The number of rotatable bonds is 3. The van der Waals surface area contributed by atoms with Gasteiger partial charge in [-0.1, -0.05) is 26.8 Å². The van der Waals surface area contributed by atoms with Crippen LogP contribution in [-0.4, -0.2) is 36.4 Å². The Balaban J connectivity index is 1.98. The number of carbonyl (C=O) groups is 1. The molecule has 1 saturated heterocycles. The number of benzene rings is 1. The van der Waals surface area contributed by atoms with Crippen LogP contribution in [-0.2, 0) is 10.0 Å². The monoisotopic (exact) mass is 337 g/mol. The van der Waals surface area contributed by atoms with Gasteiger partial charge in [-0.25, -0.2) is 13.2 Å². The minimum atomic E-state index is -3.67. The summed E-state index contributed by atoms with van der Waals surface area (Å²) in [5.74, 6) is -1.12. The van der Waals surface area contributed by atoms with E-state index in [1.165, 1.54) is 24.3 Å². The summed E-state index contributed by atoms with van der Waals surface area (Å²) in [5, 5.41) is 9.09. The predicted molar refractivity (Wildman–Crippen MR) is 86.8 cm³/mol. The molecule has 1 N–H and O–H groups in total. The Hall–Kier alpha value is -1.40. The molecule has 1 aromatic rings. The molecule has 1 aliphatic carbocycles. The molecule has 1 aliphatic heterocycles. The smallest absolute Gasteiger partial charge is 0.335 e. The maximum atomic E-state index is 13.0. The molecule has 1 heterocycles. The lowest BCUT2D eigenvalue weighted by Crippen LogP contribution is -2.37. The highest BCUT2D eigenvalue weighted by Crippen LogP contribution is 2.53. The summed E-state index contributed by atoms with van der Waals surface area (Å²) < 4.78 is 27.7. The molecule has 2 atom stereocenters. The van der Waals surface area contributed by atoms with Gasteiger partial charge in [0, 0.05) is 12.6 Å². The van der Waals surface area contributed by atoms with E-state index in [-0.39, 0.29) is 27.3 Å². The molecule has 1 aromatic carbocycles. The van der Waals surface area contributed by atoms with E-state index >= 15 is 0 Å². The SMILES string of the molecule is CC1(C)C[C@@H]2C[C@](C)(CN2S(=O)(=O)c2cccc(C(=O)O)c2)C1. The minimum Gasteiger partial charge on any atom is -0.478 e. The summed E-state index contributed by atoms with van der Waals surface area (Å²) in [6.45, 7) is 7.06. The van der Waals surface area contributed by atoms with Crippen molar-refractivity contribution in [2.24, 2.45) is 10.8 Å². The molecule has 6 heteroatoms. The molecule has 0 unspecified atom stereocenters. The van der Waals surface area contributed by atoms with Gasteiger partial charge in [0.1, 0.15) is 0 Å². The Morgan fingerprint density at radius 2 is 1.96 bits per heavy atom. The fourth-order valence-electron chi connectivity index (χ4n) is 4.61. The van der Waals surface area contributed by atoms with Crippen LogP contribution in [0.25, 0.3) is 0 Å². The zero-order chi connectivity index (χ0) is 17.0. The van der Waals surface area contributed by atoms with E-state index in [4.69, 9.17) is 5.11 Å². The van der Waals surface area contributed by atoms with Gasteiger partial charge in [-0.2, -0.15) is 4.31 Å². The Morgan fingerprint density at radius 1 is 1.26 bits per heavy atom. The highest BCUT2D eigenvalue weighted by Gasteiger charge is 2.53. The molecule has 0 radical (unpaired) electrons. The van der Waals surface area contributed by atoms with Crippen molar-refractivity contribution < 1.29 is 18.3 Å². The second-order valence-electron chi connectivity index (χ2n) is 8.10. The van der Waals surface area contributed by atoms with Gasteiger partial charge in [0.15, 0.2) is 0 Å². The average Bonchev–Trinajstić information content (AvgIpc) is 2.68. The van der Waals surface area contributed by atoms with Crippen molar-refractivity contribution >= 4 is 16.0 Å². The second-order valence-corrected chi connectivity index (χ2v) is 9.99. The average molecular weight is 337 g/mol. The number of aromatic carboxylic acids is 1. The molecule has 126 valence electrons. The van der Waals surface area contributed by atoms with E-state index in [2.05, 4.69) is 20.8 Å². The highest BCUT2D eigenvalue weighted by molar-refractivity contribution is 7.89. The van der Waals surface area contributed by atoms with Gasteiger partial charge in [0.25, 0.3) is 0 Å². The first kappa shape index (κ1) is 16.5. The standard InChI is InChI=1S/C17H23NO4S/c1-16(2)8-13-9-17(3,10-16)11-18(13)23(21,22)14-6-4-5-12(7-14)15(19)20/h4-7,13H,8-11H2,1-3H3,(H,19,20)/t13-,17+/m1/s1. The minimum absolute atomic E-state index is 0.000199. The molecule has 0 amide bonds. The van der Waals surface area contributed by atoms with E-state index in [1.54, 1.807) is 4.31 Å². The summed E-state index contributed by atoms with van der Waals surface area (Å²) >= 11 is 0. The molecule has 0 aromatic heterocycles. The maximum absolute atomic E-state index is 13.0. The van der Waals surface area contributed by atoms with Crippen LogP contribution >= 0.6 is 0 Å². The fourth-order valence-corrected chi connectivity index (χ4v) is 6.43. The zero-order valence-electron chi connectivity index (χ0n) is 13.7. The van der Waals surface area contributed by atoms with Gasteiger partial charge in [0.2, 0.25) is 10.0 Å². The van der Waals surface area contributed by atoms with Crippen LogP contribution in [0, 0.1) is 10.8 Å². The summed E-state index contributed by atoms with van der Waals surface area (Å²) in [6.07, 6.45) is 2.74. The Labute approximate surface area is 137 Å². The van der Waals surface area contributed by atoms with Crippen molar-refractivity contribution in [1.82, 2.24) is 4.31 Å². The number of carboxylic acids is 1. The van der Waals surface area contributed by atoms with Gasteiger partial charge in [-0.15, -0.1) is 0 Å². The molecule has 5 nitrogen and oxygen atoms in total. The summed E-state index contributed by atoms with van der Waals surface area (Å²) in [6, 6.07) is 5.64. The maximum Gasteiger partial charge on any atom is 0.335 e. The van der Waals surface area contributed by atoms with Crippen LogP contribution in [0.3, 0.4) is 0 Å². The van der Waals surface area contributed by atoms with Crippen LogP contribution in [0.2, 0.25) is 0 Å². The van der Waals surface area contributed by atoms with E-state index in [9.17, 15) is 13.2 Å². The van der Waals surface area contributed by atoms with E-state index in [0.717, 1.165) is 19.3 Å². The Bertz CT molecular complexity index is 756. The number of nitrogens with zero attached hydrogens (tertiary/aromatic N) is 1. The first-order valence-electron chi connectivity index (χ1n) is 7.88. The zero-order valence-corrected chi connectivity index (χ0v) is 14.6. The number of fused-ring (bicyclic) bond motifs is 2. The number of hydrogen-bond donors (Lipinski definition) is 1. The highest BCUT2D eigenvalue weighted by atomic mass is 32.2. The first-order valence-corrected chi connectivity index (χ1v) is 9.32. The fraction of sp³-hybridized carbons (Fsp3) is 0.588. The van der Waals surface area contributed by atoms with Crippen molar-refractivity contribution in [3.63, 3.8) is 0 Å². The van der Waals surface area contributed by atoms with Gasteiger partial charge < -0.3 is 5.11 Å². The van der Waals surface area contributed by atoms with E-state index in [1.807, 2.05) is 0 Å². The van der Waals surface area contributed by atoms with Crippen molar-refractivity contribution in [3.05, 3.63) is 29.8 Å². The Kier molecular flexibility index (Phi) is 3.61. The molecule has 1 saturated carbocycles. The lowest BCUT2D eigenvalue weighted by Gasteiger charge is -2.39. The molecular formula is C17H23NO4S. The second kappa shape index (κ2) is 5.05. The molecular weight excluding hydrogens is 314 g/mol. The third-order valence-corrected chi connectivity index (χ3v) is 6.95. The lowest BCUT2D eigenvalue weighted by atomic mass is 9.65. The van der Waals surface area contributed by atoms with Crippen LogP contribution in [0.5, 0.6) is 0 Å². The van der Waals surface area contributed by atoms with Crippen LogP contribution < -0.4 is 0 Å². The summed E-state index contributed by atoms with van der Waals surface area (Å²) in [7, 11) is -3.67. The summed E-state index contributed by atoms with van der Waals surface area (Å²) in [5.41, 5.74) is 0.133. The number of hydrogen-bond acceptors (Lipinski definition) is 3. The normalized spacial score (nSPS) is 30.3. The summed E-state index contributed by atoms with van der Waals surface area (Å²) in [4.78, 5) is 11.2. The van der Waals surface area contributed by atoms with E-state index in [0.29, 0.717) is 6.54 Å². The third kappa shape index (κ3) is 2.90. The first-order chi connectivity index (χ1) is 10.5. The Morgan fingerprint density at radius 3 is 2.61 bits per heavy atom. The van der Waals surface area contributed by atoms with Gasteiger partial charge in [0.05, 0.1) is 10.5 Å².